The molecule has 6 nitrogen and oxygen atoms in total. The highest BCUT2D eigenvalue weighted by atomic mass is 32.2. The molecule has 0 spiro atoms. The van der Waals surface area contributed by atoms with Gasteiger partial charge in [-0.3, -0.25) is 4.72 Å². The van der Waals surface area contributed by atoms with Gasteiger partial charge < -0.3 is 5.32 Å². The van der Waals surface area contributed by atoms with Crippen molar-refractivity contribution in [2.24, 2.45) is 0 Å². The minimum atomic E-state index is -4.62. The van der Waals surface area contributed by atoms with Crippen molar-refractivity contribution in [3.63, 3.8) is 0 Å². The Bertz CT molecular complexity index is 1130. The van der Waals surface area contributed by atoms with Gasteiger partial charge in [0.25, 0.3) is 0 Å². The maximum atomic E-state index is 13.3. The molecule has 1 aromatic carbocycles. The molecule has 1 aliphatic rings. The Kier molecular flexibility index (Phi) is 5.70. The molecule has 1 fully saturated rings. The van der Waals surface area contributed by atoms with Gasteiger partial charge in [0, 0.05) is 18.3 Å². The van der Waals surface area contributed by atoms with E-state index in [2.05, 4.69) is 20.0 Å². The van der Waals surface area contributed by atoms with E-state index in [0.717, 1.165) is 16.2 Å². The van der Waals surface area contributed by atoms with E-state index in [9.17, 15) is 18.0 Å². The molecule has 1 saturated carbocycles. The van der Waals surface area contributed by atoms with Crippen LogP contribution in [0.15, 0.2) is 41.2 Å². The summed E-state index contributed by atoms with van der Waals surface area (Å²) in [5, 5.41) is 3.42. The van der Waals surface area contributed by atoms with Crippen LogP contribution in [0.2, 0.25) is 0 Å². The lowest BCUT2D eigenvalue weighted by atomic mass is 10.2. The molecule has 2 N–H and O–H groups in total. The monoisotopic (exact) mass is 435 g/mol. The van der Waals surface area contributed by atoms with Gasteiger partial charge in [0.05, 0.1) is 11.1 Å². The highest BCUT2D eigenvalue weighted by Crippen LogP contribution is 2.31. The number of hydrogen-bond donors (Lipinski definition) is 2. The second kappa shape index (κ2) is 8.27. The molecule has 10 heteroatoms. The van der Waals surface area contributed by atoms with Crippen molar-refractivity contribution < 1.29 is 13.2 Å². The van der Waals surface area contributed by atoms with Crippen LogP contribution >= 0.6 is 11.9 Å². The maximum absolute atomic E-state index is 13.3. The molecule has 2 heterocycles. The van der Waals surface area contributed by atoms with Crippen molar-refractivity contribution in [1.82, 2.24) is 19.3 Å². The molecule has 2 aromatic heterocycles. The number of halogens is 3. The first-order chi connectivity index (χ1) is 14.3. The molecule has 0 bridgehead atoms. The number of pyridine rings is 1. The van der Waals surface area contributed by atoms with Gasteiger partial charge >= 0.3 is 11.9 Å². The average molecular weight is 435 g/mol. The number of nitrogens with zero attached hydrogens (tertiary/aromatic N) is 3. The highest BCUT2D eigenvalue weighted by molar-refractivity contribution is 7.97. The van der Waals surface area contributed by atoms with E-state index in [1.54, 1.807) is 43.1 Å². The Morgan fingerprint density at radius 3 is 2.63 bits per heavy atom. The molecular weight excluding hydrogens is 415 g/mol. The first-order valence-electron chi connectivity index (χ1n) is 9.53. The normalized spacial score (nSPS) is 14.3. The van der Waals surface area contributed by atoms with Gasteiger partial charge in [0.2, 0.25) is 0 Å². The fraction of sp³-hybridized carbons (Fsp3) is 0.350. The number of fused-ring (bicyclic) bond motifs is 1. The number of hydrogen-bond acceptors (Lipinski definition) is 6. The second-order valence-electron chi connectivity index (χ2n) is 7.10. The van der Waals surface area contributed by atoms with Gasteiger partial charge in [-0.2, -0.15) is 18.2 Å². The smallest absolute Gasteiger partial charge is 0.368 e. The number of para-hydroxylation sites is 1. The number of aromatic nitrogens is 3. The Balaban J connectivity index is 1.75. The zero-order valence-electron chi connectivity index (χ0n) is 16.2. The highest BCUT2D eigenvalue weighted by Gasteiger charge is 2.33. The summed E-state index contributed by atoms with van der Waals surface area (Å²) in [6.07, 6.45) is -2.27. The number of aryl methyl sites for hydroxylation is 1. The molecular formula is C20H20F3N5OS. The number of rotatable bonds is 7. The molecule has 158 valence electrons. The topological polar surface area (TPSA) is 71.8 Å². The van der Waals surface area contributed by atoms with Gasteiger partial charge in [-0.1, -0.05) is 30.1 Å². The van der Waals surface area contributed by atoms with Crippen molar-refractivity contribution >= 4 is 28.8 Å². The predicted octanol–water partition coefficient (Wildman–Crippen LogP) is 3.92. The van der Waals surface area contributed by atoms with E-state index in [0.29, 0.717) is 29.4 Å². The molecule has 1 aliphatic carbocycles. The molecule has 4 rings (SSSR count). The summed E-state index contributed by atoms with van der Waals surface area (Å²) < 4.78 is 44.3. The molecule has 0 radical (unpaired) electrons. The van der Waals surface area contributed by atoms with Crippen molar-refractivity contribution in [1.29, 1.82) is 0 Å². The molecule has 0 aliphatic heterocycles. The van der Waals surface area contributed by atoms with Gasteiger partial charge in [-0.05, 0) is 43.5 Å². The summed E-state index contributed by atoms with van der Waals surface area (Å²) in [5.41, 5.74) is -0.647. The minimum absolute atomic E-state index is 0.0783. The summed E-state index contributed by atoms with van der Waals surface area (Å²) in [4.78, 5) is 20.7. The zero-order valence-corrected chi connectivity index (χ0v) is 17.0. The van der Waals surface area contributed by atoms with E-state index in [-0.39, 0.29) is 11.5 Å². The van der Waals surface area contributed by atoms with Crippen LogP contribution in [0, 0.1) is 6.92 Å². The van der Waals surface area contributed by atoms with Crippen molar-refractivity contribution in [2.75, 3.05) is 17.6 Å². The van der Waals surface area contributed by atoms with Gasteiger partial charge in [0.1, 0.15) is 11.5 Å². The van der Waals surface area contributed by atoms with Crippen LogP contribution in [0.1, 0.15) is 24.1 Å². The summed E-state index contributed by atoms with van der Waals surface area (Å²) in [6.45, 7) is 2.28. The Labute approximate surface area is 175 Å². The SMILES string of the molecule is Cc1ccccc1-n1c(=O)nc(NCCSNC2CC2)c2ccc(C(F)(F)F)nc21. The van der Waals surface area contributed by atoms with E-state index >= 15 is 0 Å². The summed E-state index contributed by atoms with van der Waals surface area (Å²) in [6, 6.07) is 9.72. The fourth-order valence-electron chi connectivity index (χ4n) is 3.02. The molecule has 0 saturated heterocycles. The van der Waals surface area contributed by atoms with Gasteiger partial charge in [-0.15, -0.1) is 0 Å². The lowest BCUT2D eigenvalue weighted by molar-refractivity contribution is -0.141. The second-order valence-corrected chi connectivity index (χ2v) is 8.03. The van der Waals surface area contributed by atoms with Crippen LogP contribution in [0.5, 0.6) is 0 Å². The largest absolute Gasteiger partial charge is 0.433 e. The van der Waals surface area contributed by atoms with Crippen LogP contribution in [-0.2, 0) is 6.18 Å². The summed E-state index contributed by atoms with van der Waals surface area (Å²) >= 11 is 1.57. The van der Waals surface area contributed by atoms with Gasteiger partial charge in [-0.25, -0.2) is 14.3 Å². The van der Waals surface area contributed by atoms with E-state index in [4.69, 9.17) is 0 Å². The Morgan fingerprint density at radius 1 is 1.17 bits per heavy atom. The predicted molar refractivity (Wildman–Crippen MR) is 112 cm³/mol. The third-order valence-electron chi connectivity index (χ3n) is 4.71. The molecule has 0 unspecified atom stereocenters. The number of nitrogens with one attached hydrogen (secondary N) is 2. The Morgan fingerprint density at radius 2 is 1.93 bits per heavy atom. The first kappa shape index (κ1) is 20.7. The number of alkyl halides is 3. The van der Waals surface area contributed by atoms with E-state index in [1.165, 1.54) is 18.9 Å². The zero-order chi connectivity index (χ0) is 21.3. The molecule has 0 amide bonds. The standard InChI is InChI=1S/C20H20F3N5OS/c1-12-4-2-3-5-15(12)28-18-14(8-9-16(25-18)20(21,22)23)17(26-19(28)29)24-10-11-30-27-13-6-7-13/h2-5,8-9,13,27H,6-7,10-11H2,1H3,(H,24,26,29). The summed E-state index contributed by atoms with van der Waals surface area (Å²) in [5.74, 6) is 0.947. The molecule has 30 heavy (non-hydrogen) atoms. The number of anilines is 1. The van der Waals surface area contributed by atoms with Crippen LogP contribution < -0.4 is 15.7 Å². The van der Waals surface area contributed by atoms with Crippen molar-refractivity contribution in [3.8, 4) is 5.69 Å². The lowest BCUT2D eigenvalue weighted by Gasteiger charge is -2.16. The number of benzene rings is 1. The van der Waals surface area contributed by atoms with Crippen LogP contribution in [0.4, 0.5) is 19.0 Å². The van der Waals surface area contributed by atoms with Crippen molar-refractivity contribution in [2.45, 2.75) is 32.0 Å². The average Bonchev–Trinajstić information content (AvgIpc) is 3.52. The van der Waals surface area contributed by atoms with Crippen molar-refractivity contribution in [3.05, 3.63) is 58.1 Å². The van der Waals surface area contributed by atoms with Crippen LogP contribution in [0.3, 0.4) is 0 Å². The Hall–Kier alpha value is -2.59. The van der Waals surface area contributed by atoms with Crippen LogP contribution in [-0.4, -0.2) is 32.9 Å². The van der Waals surface area contributed by atoms with Crippen LogP contribution in [0.25, 0.3) is 16.7 Å². The maximum Gasteiger partial charge on any atom is 0.433 e. The third kappa shape index (κ3) is 4.44. The van der Waals surface area contributed by atoms with E-state index in [1.807, 2.05) is 0 Å². The summed E-state index contributed by atoms with van der Waals surface area (Å²) in [7, 11) is 0. The minimum Gasteiger partial charge on any atom is -0.368 e. The van der Waals surface area contributed by atoms with Gasteiger partial charge in [0.15, 0.2) is 5.65 Å². The van der Waals surface area contributed by atoms with E-state index < -0.39 is 17.6 Å². The fourth-order valence-corrected chi connectivity index (χ4v) is 3.82. The third-order valence-corrected chi connectivity index (χ3v) is 5.62. The quantitative estimate of drug-likeness (QED) is 0.433. The lowest BCUT2D eigenvalue weighted by Crippen LogP contribution is -2.26. The molecule has 3 aromatic rings. The first-order valence-corrected chi connectivity index (χ1v) is 10.5. The molecule has 0 atom stereocenters.